The van der Waals surface area contributed by atoms with Crippen molar-refractivity contribution < 1.29 is 17.9 Å². The van der Waals surface area contributed by atoms with Gasteiger partial charge in [0.2, 0.25) is 0 Å². The van der Waals surface area contributed by atoms with Gasteiger partial charge >= 0.3 is 0 Å². The summed E-state index contributed by atoms with van der Waals surface area (Å²) in [6.07, 6.45) is 13.5. The van der Waals surface area contributed by atoms with Gasteiger partial charge in [-0.15, -0.1) is 0 Å². The fourth-order valence-electron chi connectivity index (χ4n) is 5.89. The average Bonchev–Trinajstić information content (AvgIpc) is 2.85. The van der Waals surface area contributed by atoms with Crippen LogP contribution in [0.4, 0.5) is 13.2 Å². The van der Waals surface area contributed by atoms with E-state index in [9.17, 15) is 8.78 Å². The first-order chi connectivity index (χ1) is 16.5. The lowest BCUT2D eigenvalue weighted by Gasteiger charge is -2.42. The number of hydrogen-bond acceptors (Lipinski definition) is 1. The maximum absolute atomic E-state index is 15.1. The van der Waals surface area contributed by atoms with Crippen LogP contribution in [0.5, 0.6) is 5.75 Å². The molecule has 0 aliphatic heterocycles. The number of rotatable bonds is 5. The fraction of sp³-hybridized carbons (Fsp3) is 0.467. The second-order valence-corrected chi connectivity index (χ2v) is 9.79. The van der Waals surface area contributed by atoms with Crippen LogP contribution in [0.1, 0.15) is 80.9 Å². The molecule has 180 valence electrons. The Morgan fingerprint density at radius 3 is 2.50 bits per heavy atom. The van der Waals surface area contributed by atoms with Crippen LogP contribution in [0.3, 0.4) is 0 Å². The molecule has 4 heteroatoms. The van der Waals surface area contributed by atoms with E-state index in [-0.39, 0.29) is 17.2 Å². The topological polar surface area (TPSA) is 9.23 Å². The quantitative estimate of drug-likeness (QED) is 0.319. The highest BCUT2D eigenvalue weighted by Gasteiger charge is 2.36. The van der Waals surface area contributed by atoms with Crippen molar-refractivity contribution in [3.8, 4) is 17.6 Å². The van der Waals surface area contributed by atoms with Crippen molar-refractivity contribution in [1.29, 1.82) is 0 Å². The highest BCUT2D eigenvalue weighted by molar-refractivity contribution is 5.46. The number of methoxy groups -OCH3 is 1. The molecule has 4 rings (SSSR count). The molecule has 34 heavy (non-hydrogen) atoms. The van der Waals surface area contributed by atoms with Crippen molar-refractivity contribution in [1.82, 2.24) is 0 Å². The van der Waals surface area contributed by atoms with Crippen molar-refractivity contribution in [3.05, 3.63) is 76.6 Å². The molecule has 0 bridgehead atoms. The smallest absolute Gasteiger partial charge is 0.174 e. The minimum atomic E-state index is -0.909. The summed E-state index contributed by atoms with van der Waals surface area (Å²) in [6, 6.07) is 7.54. The Morgan fingerprint density at radius 1 is 0.941 bits per heavy atom. The number of allylic oxidation sites excluding steroid dienone is 2. The zero-order valence-corrected chi connectivity index (χ0v) is 20.0. The Balaban J connectivity index is 1.43. The Hall–Kier alpha value is -2.67. The van der Waals surface area contributed by atoms with E-state index in [1.807, 2.05) is 0 Å². The molecule has 0 saturated heterocycles. The molecule has 0 spiro atoms. The summed E-state index contributed by atoms with van der Waals surface area (Å²) < 4.78 is 48.7. The van der Waals surface area contributed by atoms with Gasteiger partial charge in [0.05, 0.1) is 12.7 Å². The maximum atomic E-state index is 15.1. The zero-order chi connectivity index (χ0) is 24.1. The van der Waals surface area contributed by atoms with Crippen LogP contribution in [0.15, 0.2) is 42.5 Å². The summed E-state index contributed by atoms with van der Waals surface area (Å²) in [7, 11) is 1.38. The van der Waals surface area contributed by atoms with Gasteiger partial charge in [0.1, 0.15) is 0 Å². The lowest BCUT2D eigenvalue weighted by Crippen LogP contribution is -2.30. The van der Waals surface area contributed by atoms with Gasteiger partial charge in [0.25, 0.3) is 0 Å². The molecule has 0 N–H and O–H groups in total. The molecule has 2 aliphatic rings. The van der Waals surface area contributed by atoms with Crippen LogP contribution in [0.25, 0.3) is 0 Å². The molecular weight excluding hydrogens is 433 g/mol. The van der Waals surface area contributed by atoms with Gasteiger partial charge in [-0.25, -0.2) is 13.2 Å². The molecule has 0 radical (unpaired) electrons. The van der Waals surface area contributed by atoms with Gasteiger partial charge in [-0.2, -0.15) is 0 Å². The van der Waals surface area contributed by atoms with Crippen molar-refractivity contribution in [2.24, 2.45) is 17.8 Å². The summed E-state index contributed by atoms with van der Waals surface area (Å²) in [4.78, 5) is 0. The van der Waals surface area contributed by atoms with E-state index in [4.69, 9.17) is 4.74 Å². The van der Waals surface area contributed by atoms with Crippen molar-refractivity contribution in [2.45, 2.75) is 64.2 Å². The molecule has 2 saturated carbocycles. The summed E-state index contributed by atoms with van der Waals surface area (Å²) in [6.45, 7) is 2.07. The van der Waals surface area contributed by atoms with E-state index >= 15 is 4.39 Å². The largest absolute Gasteiger partial charge is 0.494 e. The highest BCUT2D eigenvalue weighted by Crippen LogP contribution is 2.48. The molecule has 1 nitrogen and oxygen atoms in total. The molecule has 2 aliphatic carbocycles. The normalized spacial score (nSPS) is 24.4. The van der Waals surface area contributed by atoms with Gasteiger partial charge in [-0.3, -0.25) is 0 Å². The first kappa shape index (κ1) is 24.5. The Bertz CT molecular complexity index is 1090. The van der Waals surface area contributed by atoms with Gasteiger partial charge in [0.15, 0.2) is 23.2 Å². The summed E-state index contributed by atoms with van der Waals surface area (Å²) in [5.74, 6) is 5.47. The number of ether oxygens (including phenoxy) is 1. The third-order valence-electron chi connectivity index (χ3n) is 7.74. The molecule has 2 aromatic carbocycles. The van der Waals surface area contributed by atoms with E-state index in [2.05, 4.69) is 30.9 Å². The highest BCUT2D eigenvalue weighted by atomic mass is 19.2. The van der Waals surface area contributed by atoms with E-state index in [0.29, 0.717) is 17.0 Å². The standard InChI is InChI=1S/C30H33F3O/c1-3-4-5-6-20-8-11-24-19-25(13-12-23(24)17-20)26-15-14-22(29(32)30(26)33)10-7-21-9-16-28(34-2)27(31)18-21/h3-4,9,14-16,18,20,23-25H,5-6,8,11-13,17,19H2,1-2H3/b4-3+. The van der Waals surface area contributed by atoms with Crippen molar-refractivity contribution >= 4 is 0 Å². The summed E-state index contributed by atoms with van der Waals surface area (Å²) in [5, 5.41) is 0. The van der Waals surface area contributed by atoms with E-state index in [1.54, 1.807) is 18.2 Å². The molecule has 0 heterocycles. The Morgan fingerprint density at radius 2 is 1.74 bits per heavy atom. The van der Waals surface area contributed by atoms with E-state index in [0.717, 1.165) is 37.5 Å². The average molecular weight is 467 g/mol. The van der Waals surface area contributed by atoms with Gasteiger partial charge in [-0.05, 0) is 105 Å². The van der Waals surface area contributed by atoms with Crippen molar-refractivity contribution in [2.75, 3.05) is 7.11 Å². The second kappa shape index (κ2) is 11.2. The van der Waals surface area contributed by atoms with Gasteiger partial charge in [-0.1, -0.05) is 36.5 Å². The molecule has 2 aromatic rings. The molecule has 4 unspecified atom stereocenters. The predicted octanol–water partition coefficient (Wildman–Crippen LogP) is 8.17. The summed E-state index contributed by atoms with van der Waals surface area (Å²) in [5.41, 5.74) is 0.849. The lowest BCUT2D eigenvalue weighted by atomic mass is 9.63. The maximum Gasteiger partial charge on any atom is 0.174 e. The summed E-state index contributed by atoms with van der Waals surface area (Å²) >= 11 is 0. The van der Waals surface area contributed by atoms with Crippen LogP contribution in [0.2, 0.25) is 0 Å². The zero-order valence-electron chi connectivity index (χ0n) is 20.0. The van der Waals surface area contributed by atoms with E-state index in [1.165, 1.54) is 44.9 Å². The molecule has 4 atom stereocenters. The molecule has 0 aromatic heterocycles. The van der Waals surface area contributed by atoms with Crippen LogP contribution in [0, 0.1) is 47.0 Å². The number of fused-ring (bicyclic) bond motifs is 1. The third-order valence-corrected chi connectivity index (χ3v) is 7.74. The number of hydrogen-bond donors (Lipinski definition) is 0. The molecular formula is C30H33F3O. The minimum Gasteiger partial charge on any atom is -0.494 e. The fourth-order valence-corrected chi connectivity index (χ4v) is 5.89. The molecule has 0 amide bonds. The second-order valence-electron chi connectivity index (χ2n) is 9.79. The van der Waals surface area contributed by atoms with Crippen molar-refractivity contribution in [3.63, 3.8) is 0 Å². The third kappa shape index (κ3) is 5.52. The lowest BCUT2D eigenvalue weighted by molar-refractivity contribution is 0.114. The van der Waals surface area contributed by atoms with E-state index < -0.39 is 17.5 Å². The minimum absolute atomic E-state index is 0.00667. The van der Waals surface area contributed by atoms with Crippen LogP contribution < -0.4 is 4.74 Å². The first-order valence-electron chi connectivity index (χ1n) is 12.4. The van der Waals surface area contributed by atoms with Crippen LogP contribution in [-0.2, 0) is 0 Å². The first-order valence-corrected chi connectivity index (χ1v) is 12.4. The molecule has 2 fully saturated rings. The number of benzene rings is 2. The Kier molecular flexibility index (Phi) is 8.03. The monoisotopic (exact) mass is 466 g/mol. The predicted molar refractivity (Wildman–Crippen MR) is 130 cm³/mol. The SMILES string of the molecule is C/C=C/CCC1CCC2CC(c3ccc(C#Cc4ccc(OC)c(F)c4)c(F)c3F)CCC2C1. The van der Waals surface area contributed by atoms with Gasteiger partial charge < -0.3 is 4.74 Å². The Labute approximate surface area is 201 Å². The van der Waals surface area contributed by atoms with Gasteiger partial charge in [0, 0.05) is 5.56 Å². The number of halogens is 3. The van der Waals surface area contributed by atoms with Crippen LogP contribution in [-0.4, -0.2) is 7.11 Å². The van der Waals surface area contributed by atoms with Crippen LogP contribution >= 0.6 is 0 Å².